The molecule has 0 amide bonds. The first kappa shape index (κ1) is 14.8. The van der Waals surface area contributed by atoms with Gasteiger partial charge in [-0.3, -0.25) is 9.69 Å². The zero-order chi connectivity index (χ0) is 14.2. The topological polar surface area (TPSA) is 20.3 Å². The van der Waals surface area contributed by atoms with Crippen LogP contribution in [0.25, 0.3) is 0 Å². The third-order valence-electron chi connectivity index (χ3n) is 3.62. The third-order valence-corrected chi connectivity index (χ3v) is 4.36. The summed E-state index contributed by atoms with van der Waals surface area (Å²) in [7, 11) is 0. The molecule has 1 saturated heterocycles. The summed E-state index contributed by atoms with van der Waals surface area (Å²) < 4.78 is 0. The van der Waals surface area contributed by atoms with Gasteiger partial charge in [0.15, 0.2) is 5.78 Å². The van der Waals surface area contributed by atoms with E-state index in [9.17, 15) is 4.79 Å². The molecule has 2 rings (SSSR count). The Bertz CT molecular complexity index is 493. The van der Waals surface area contributed by atoms with Gasteiger partial charge in [-0.25, -0.2) is 0 Å². The summed E-state index contributed by atoms with van der Waals surface area (Å²) in [5.74, 6) is 0.144. The van der Waals surface area contributed by atoms with E-state index in [1.165, 1.54) is 0 Å². The van der Waals surface area contributed by atoms with Crippen molar-refractivity contribution in [1.82, 2.24) is 4.90 Å². The number of Topliss-reactive ketones (excluding diaryl/α,β-unsaturated/α-hetero) is 1. The normalized spacial score (nSPS) is 20.8. The highest BCUT2D eigenvalue weighted by Gasteiger charge is 2.37. The summed E-state index contributed by atoms with van der Waals surface area (Å²) in [6, 6.07) is 5.08. The molecule has 0 spiro atoms. The van der Waals surface area contributed by atoms with E-state index in [2.05, 4.69) is 25.7 Å². The molecule has 1 aliphatic heterocycles. The number of benzene rings is 1. The van der Waals surface area contributed by atoms with Gasteiger partial charge in [0.25, 0.3) is 0 Å². The molecule has 1 aliphatic rings. The molecule has 0 aromatic heterocycles. The largest absolute Gasteiger partial charge is 0.292 e. The van der Waals surface area contributed by atoms with Crippen LogP contribution in [0, 0.1) is 0 Å². The lowest BCUT2D eigenvalue weighted by molar-refractivity contribution is 0.0721. The minimum atomic E-state index is -0.0442. The molecule has 0 bridgehead atoms. The van der Waals surface area contributed by atoms with Crippen LogP contribution < -0.4 is 0 Å². The third kappa shape index (κ3) is 3.13. The summed E-state index contributed by atoms with van der Waals surface area (Å²) >= 11 is 11.9. The molecular weight excluding hydrogens is 281 g/mol. The van der Waals surface area contributed by atoms with Crippen molar-refractivity contribution >= 4 is 29.0 Å². The Labute approximate surface area is 124 Å². The Morgan fingerprint density at radius 1 is 1.26 bits per heavy atom. The quantitative estimate of drug-likeness (QED) is 0.753. The van der Waals surface area contributed by atoms with Crippen LogP contribution in [0.15, 0.2) is 18.2 Å². The van der Waals surface area contributed by atoms with Gasteiger partial charge in [0.1, 0.15) is 0 Å². The predicted octanol–water partition coefficient (Wildman–Crippen LogP) is 4.44. The van der Waals surface area contributed by atoms with Crippen LogP contribution in [0.5, 0.6) is 0 Å². The van der Waals surface area contributed by atoms with Crippen molar-refractivity contribution in [1.29, 1.82) is 0 Å². The molecule has 1 aromatic carbocycles. The van der Waals surface area contributed by atoms with E-state index in [0.29, 0.717) is 15.6 Å². The number of likely N-dealkylation sites (tertiary alicyclic amines) is 1. The van der Waals surface area contributed by atoms with Gasteiger partial charge < -0.3 is 0 Å². The average Bonchev–Trinajstić information content (AvgIpc) is 2.80. The zero-order valence-electron chi connectivity index (χ0n) is 11.5. The highest BCUT2D eigenvalue weighted by atomic mass is 35.5. The average molecular weight is 300 g/mol. The van der Waals surface area contributed by atoms with Crippen LogP contribution in [-0.4, -0.2) is 28.8 Å². The van der Waals surface area contributed by atoms with Crippen molar-refractivity contribution in [3.05, 3.63) is 33.8 Å². The van der Waals surface area contributed by atoms with Crippen molar-refractivity contribution in [2.24, 2.45) is 0 Å². The van der Waals surface area contributed by atoms with Gasteiger partial charge in [0, 0.05) is 11.1 Å². The van der Waals surface area contributed by atoms with Gasteiger partial charge in [-0.05, 0) is 58.4 Å². The maximum atomic E-state index is 12.6. The van der Waals surface area contributed by atoms with Crippen molar-refractivity contribution in [2.45, 2.75) is 45.2 Å². The lowest BCUT2D eigenvalue weighted by atomic mass is 9.98. The van der Waals surface area contributed by atoms with E-state index in [-0.39, 0.29) is 17.4 Å². The van der Waals surface area contributed by atoms with E-state index >= 15 is 0 Å². The van der Waals surface area contributed by atoms with Crippen LogP contribution in [0.2, 0.25) is 10.0 Å². The maximum absolute atomic E-state index is 12.6. The van der Waals surface area contributed by atoms with E-state index in [1.807, 2.05) is 0 Å². The summed E-state index contributed by atoms with van der Waals surface area (Å²) in [5, 5.41) is 0.921. The van der Waals surface area contributed by atoms with Gasteiger partial charge in [0.05, 0.1) is 16.1 Å². The molecule has 1 atom stereocenters. The minimum Gasteiger partial charge on any atom is -0.292 e. The summed E-state index contributed by atoms with van der Waals surface area (Å²) in [5.41, 5.74) is 0.656. The summed E-state index contributed by atoms with van der Waals surface area (Å²) in [6.07, 6.45) is 1.98. The highest BCUT2D eigenvalue weighted by molar-refractivity contribution is 6.42. The maximum Gasteiger partial charge on any atom is 0.180 e. The molecule has 1 heterocycles. The molecular formula is C15H19Cl2NO. The number of rotatable bonds is 2. The van der Waals surface area contributed by atoms with Crippen molar-refractivity contribution in [3.8, 4) is 0 Å². The number of ketones is 1. The van der Waals surface area contributed by atoms with Crippen LogP contribution in [0.1, 0.15) is 44.0 Å². The molecule has 0 radical (unpaired) electrons. The molecule has 1 fully saturated rings. The molecule has 1 unspecified atom stereocenters. The first-order valence-electron chi connectivity index (χ1n) is 6.57. The fourth-order valence-corrected chi connectivity index (χ4v) is 2.98. The number of carbonyl (C=O) groups excluding carboxylic acids is 1. The summed E-state index contributed by atoms with van der Waals surface area (Å²) in [4.78, 5) is 14.9. The van der Waals surface area contributed by atoms with E-state index in [0.717, 1.165) is 19.4 Å². The van der Waals surface area contributed by atoms with Crippen molar-refractivity contribution < 1.29 is 4.79 Å². The molecule has 2 nitrogen and oxygen atoms in total. The molecule has 0 N–H and O–H groups in total. The lowest BCUT2D eigenvalue weighted by Gasteiger charge is -2.36. The Morgan fingerprint density at radius 3 is 2.53 bits per heavy atom. The second kappa shape index (κ2) is 5.43. The number of halogens is 2. The van der Waals surface area contributed by atoms with Gasteiger partial charge in [-0.2, -0.15) is 0 Å². The Kier molecular flexibility index (Phi) is 4.24. The fraction of sp³-hybridized carbons (Fsp3) is 0.533. The molecule has 104 valence electrons. The Morgan fingerprint density at radius 2 is 1.95 bits per heavy atom. The lowest BCUT2D eigenvalue weighted by Crippen LogP contribution is -2.47. The smallest absolute Gasteiger partial charge is 0.180 e. The van der Waals surface area contributed by atoms with E-state index in [4.69, 9.17) is 23.2 Å². The van der Waals surface area contributed by atoms with Crippen LogP contribution >= 0.6 is 23.2 Å². The van der Waals surface area contributed by atoms with Gasteiger partial charge >= 0.3 is 0 Å². The molecule has 0 aliphatic carbocycles. The number of nitrogens with zero attached hydrogens (tertiary/aromatic N) is 1. The number of hydrogen-bond acceptors (Lipinski definition) is 2. The molecule has 1 aromatic rings. The second-order valence-electron chi connectivity index (χ2n) is 6.02. The zero-order valence-corrected chi connectivity index (χ0v) is 13.1. The fourth-order valence-electron chi connectivity index (χ4n) is 2.68. The second-order valence-corrected chi connectivity index (χ2v) is 6.83. The van der Waals surface area contributed by atoms with Gasteiger partial charge in [-0.15, -0.1) is 0 Å². The van der Waals surface area contributed by atoms with Crippen LogP contribution in [0.3, 0.4) is 0 Å². The standard InChI is InChI=1S/C15H19Cl2NO/c1-15(2,3)18-8-4-5-13(18)14(19)10-6-7-11(16)12(17)9-10/h6-7,9,13H,4-5,8H2,1-3H3. The number of carbonyl (C=O) groups is 1. The molecule has 0 saturated carbocycles. The van der Waals surface area contributed by atoms with Crippen LogP contribution in [0.4, 0.5) is 0 Å². The first-order valence-corrected chi connectivity index (χ1v) is 7.32. The van der Waals surface area contributed by atoms with Gasteiger partial charge in [-0.1, -0.05) is 23.2 Å². The Hall–Kier alpha value is -0.570. The van der Waals surface area contributed by atoms with Crippen molar-refractivity contribution in [3.63, 3.8) is 0 Å². The summed E-state index contributed by atoms with van der Waals surface area (Å²) in [6.45, 7) is 7.41. The monoisotopic (exact) mass is 299 g/mol. The first-order chi connectivity index (χ1) is 8.80. The SMILES string of the molecule is CC(C)(C)N1CCCC1C(=O)c1ccc(Cl)c(Cl)c1. The van der Waals surface area contributed by atoms with Gasteiger partial charge in [0.2, 0.25) is 0 Å². The van der Waals surface area contributed by atoms with E-state index < -0.39 is 0 Å². The number of hydrogen-bond donors (Lipinski definition) is 0. The molecule has 19 heavy (non-hydrogen) atoms. The minimum absolute atomic E-state index is 0.00699. The molecule has 4 heteroatoms. The van der Waals surface area contributed by atoms with E-state index in [1.54, 1.807) is 18.2 Å². The predicted molar refractivity (Wildman–Crippen MR) is 80.3 cm³/mol. The Balaban J connectivity index is 2.26. The highest BCUT2D eigenvalue weighted by Crippen LogP contribution is 2.30. The van der Waals surface area contributed by atoms with Crippen molar-refractivity contribution in [2.75, 3.05) is 6.54 Å². The van der Waals surface area contributed by atoms with Crippen LogP contribution in [-0.2, 0) is 0 Å².